The average molecular weight is 387 g/mol. The molecule has 5 rings (SSSR count). The van der Waals surface area contributed by atoms with Gasteiger partial charge in [0.1, 0.15) is 18.7 Å². The highest BCUT2D eigenvalue weighted by Gasteiger charge is 2.10. The van der Waals surface area contributed by atoms with Crippen LogP contribution in [0.15, 0.2) is 79.1 Å². The Labute approximate surface area is 166 Å². The van der Waals surface area contributed by atoms with E-state index in [4.69, 9.17) is 21.3 Å². The van der Waals surface area contributed by atoms with Gasteiger partial charge in [0, 0.05) is 16.0 Å². The molecule has 0 unspecified atom stereocenters. The van der Waals surface area contributed by atoms with Gasteiger partial charge in [-0.05, 0) is 35.9 Å². The van der Waals surface area contributed by atoms with E-state index in [0.29, 0.717) is 17.5 Å². The van der Waals surface area contributed by atoms with Crippen LogP contribution in [0.4, 0.5) is 0 Å². The van der Waals surface area contributed by atoms with Gasteiger partial charge >= 0.3 is 0 Å². The van der Waals surface area contributed by atoms with Gasteiger partial charge in [-0.2, -0.15) is 0 Å². The van der Waals surface area contributed by atoms with Gasteiger partial charge in [-0.3, -0.25) is 0 Å². The monoisotopic (exact) mass is 386 g/mol. The Hall–Kier alpha value is -3.44. The standard InChI is InChI=1S/C22H15ClN4O/c23-17-4-3-5-18(12-17)28-13-15-8-10-16(11-9-15)21-25-22-19-6-1-2-7-20(19)24-14-27(22)26-21/h1-12,14H,13H2. The van der Waals surface area contributed by atoms with Crippen molar-refractivity contribution in [3.05, 3.63) is 89.7 Å². The highest BCUT2D eigenvalue weighted by Crippen LogP contribution is 2.22. The fraction of sp³-hybridized carbons (Fsp3) is 0.0455. The molecule has 0 bridgehead atoms. The van der Waals surface area contributed by atoms with Gasteiger partial charge in [-0.15, -0.1) is 5.10 Å². The lowest BCUT2D eigenvalue weighted by atomic mass is 10.1. The largest absolute Gasteiger partial charge is 0.489 e. The highest BCUT2D eigenvalue weighted by molar-refractivity contribution is 6.30. The molecule has 0 N–H and O–H groups in total. The SMILES string of the molecule is Clc1cccc(OCc2ccc(-c3nc4c5ccccc5ncn4n3)cc2)c1. The first kappa shape index (κ1) is 16.7. The second-order valence-electron chi connectivity index (χ2n) is 6.41. The van der Waals surface area contributed by atoms with Crippen molar-refractivity contribution in [2.24, 2.45) is 0 Å². The van der Waals surface area contributed by atoms with E-state index in [1.807, 2.05) is 66.7 Å². The molecule has 5 nitrogen and oxygen atoms in total. The summed E-state index contributed by atoms with van der Waals surface area (Å²) < 4.78 is 7.50. The maximum absolute atomic E-state index is 5.98. The van der Waals surface area contributed by atoms with Gasteiger partial charge in [0.25, 0.3) is 0 Å². The van der Waals surface area contributed by atoms with E-state index < -0.39 is 0 Å². The van der Waals surface area contributed by atoms with Crippen LogP contribution < -0.4 is 4.74 Å². The maximum atomic E-state index is 5.98. The first-order valence-corrected chi connectivity index (χ1v) is 9.22. The van der Waals surface area contributed by atoms with E-state index >= 15 is 0 Å². The maximum Gasteiger partial charge on any atom is 0.182 e. The topological polar surface area (TPSA) is 52.3 Å². The van der Waals surface area contributed by atoms with Crippen molar-refractivity contribution in [2.75, 3.05) is 0 Å². The van der Waals surface area contributed by atoms with Crippen LogP contribution in [0.3, 0.4) is 0 Å². The molecule has 0 saturated heterocycles. The second-order valence-corrected chi connectivity index (χ2v) is 6.84. The lowest BCUT2D eigenvalue weighted by Crippen LogP contribution is -1.95. The molecule has 2 heterocycles. The molecule has 3 aromatic carbocycles. The number of para-hydroxylation sites is 1. The molecule has 0 spiro atoms. The zero-order valence-electron chi connectivity index (χ0n) is 14.8. The van der Waals surface area contributed by atoms with Gasteiger partial charge in [0.2, 0.25) is 0 Å². The minimum Gasteiger partial charge on any atom is -0.489 e. The average Bonchev–Trinajstić information content (AvgIpc) is 3.18. The molecule has 0 atom stereocenters. The van der Waals surface area contributed by atoms with Crippen molar-refractivity contribution in [2.45, 2.75) is 6.61 Å². The quantitative estimate of drug-likeness (QED) is 0.427. The number of hydrogen-bond donors (Lipinski definition) is 0. The first-order chi connectivity index (χ1) is 13.8. The minimum absolute atomic E-state index is 0.466. The lowest BCUT2D eigenvalue weighted by Gasteiger charge is -2.07. The number of benzene rings is 3. The third-order valence-corrected chi connectivity index (χ3v) is 4.73. The number of nitrogens with zero attached hydrogens (tertiary/aromatic N) is 4. The van der Waals surface area contributed by atoms with Crippen LogP contribution in [0.5, 0.6) is 5.75 Å². The Morgan fingerprint density at radius 1 is 0.929 bits per heavy atom. The molecule has 0 saturated carbocycles. The van der Waals surface area contributed by atoms with Gasteiger partial charge in [-0.1, -0.05) is 54.1 Å². The Morgan fingerprint density at radius 3 is 2.64 bits per heavy atom. The number of fused-ring (bicyclic) bond motifs is 3. The summed E-state index contributed by atoms with van der Waals surface area (Å²) in [4.78, 5) is 9.13. The molecule has 0 aliphatic heterocycles. The van der Waals surface area contributed by atoms with E-state index in [9.17, 15) is 0 Å². The highest BCUT2D eigenvalue weighted by atomic mass is 35.5. The van der Waals surface area contributed by atoms with Crippen LogP contribution >= 0.6 is 11.6 Å². The van der Waals surface area contributed by atoms with Crippen molar-refractivity contribution in [3.8, 4) is 17.1 Å². The summed E-state index contributed by atoms with van der Waals surface area (Å²) in [5.74, 6) is 1.42. The fourth-order valence-corrected chi connectivity index (χ4v) is 3.26. The molecule has 2 aromatic heterocycles. The van der Waals surface area contributed by atoms with Crippen molar-refractivity contribution in [1.82, 2.24) is 19.6 Å². The molecule has 136 valence electrons. The molecular weight excluding hydrogens is 372 g/mol. The number of ether oxygens (including phenoxy) is 1. The molecule has 0 amide bonds. The molecule has 5 aromatic rings. The number of halogens is 1. The molecule has 6 heteroatoms. The molecule has 28 heavy (non-hydrogen) atoms. The molecule has 0 aliphatic carbocycles. The summed E-state index contributed by atoms with van der Waals surface area (Å²) in [6, 6.07) is 23.3. The van der Waals surface area contributed by atoms with Crippen LogP contribution in [-0.4, -0.2) is 19.6 Å². The van der Waals surface area contributed by atoms with Crippen LogP contribution in [-0.2, 0) is 6.61 Å². The Bertz CT molecular complexity index is 1280. The molecule has 0 radical (unpaired) electrons. The Balaban J connectivity index is 1.40. The van der Waals surface area contributed by atoms with Crippen molar-refractivity contribution in [3.63, 3.8) is 0 Å². The first-order valence-electron chi connectivity index (χ1n) is 8.84. The summed E-state index contributed by atoms with van der Waals surface area (Å²) in [5, 5.41) is 6.20. The van der Waals surface area contributed by atoms with Crippen LogP contribution in [0.25, 0.3) is 27.9 Å². The summed E-state index contributed by atoms with van der Waals surface area (Å²) in [5.41, 5.74) is 3.70. The van der Waals surface area contributed by atoms with Crippen LogP contribution in [0.2, 0.25) is 5.02 Å². The van der Waals surface area contributed by atoms with E-state index in [1.165, 1.54) is 0 Å². The second kappa shape index (κ2) is 6.94. The third-order valence-electron chi connectivity index (χ3n) is 4.50. The third kappa shape index (κ3) is 3.17. The Kier molecular flexibility index (Phi) is 4.14. The summed E-state index contributed by atoms with van der Waals surface area (Å²) in [7, 11) is 0. The van der Waals surface area contributed by atoms with E-state index in [-0.39, 0.29) is 0 Å². The predicted molar refractivity (Wildman–Crippen MR) is 110 cm³/mol. The zero-order chi connectivity index (χ0) is 18.9. The zero-order valence-corrected chi connectivity index (χ0v) is 15.5. The van der Waals surface area contributed by atoms with Crippen molar-refractivity contribution in [1.29, 1.82) is 0 Å². The summed E-state index contributed by atoms with van der Waals surface area (Å²) in [6.07, 6.45) is 1.70. The normalized spacial score (nSPS) is 11.2. The van der Waals surface area contributed by atoms with E-state index in [1.54, 1.807) is 16.9 Å². The smallest absolute Gasteiger partial charge is 0.182 e. The van der Waals surface area contributed by atoms with E-state index in [0.717, 1.165) is 33.4 Å². The van der Waals surface area contributed by atoms with Crippen molar-refractivity contribution < 1.29 is 4.74 Å². The number of hydrogen-bond acceptors (Lipinski definition) is 4. The fourth-order valence-electron chi connectivity index (χ4n) is 3.08. The minimum atomic E-state index is 0.466. The molecule has 0 fully saturated rings. The van der Waals surface area contributed by atoms with E-state index in [2.05, 4.69) is 10.1 Å². The predicted octanol–water partition coefficient (Wildman–Crippen LogP) is 5.18. The lowest BCUT2D eigenvalue weighted by molar-refractivity contribution is 0.306. The van der Waals surface area contributed by atoms with Gasteiger partial charge < -0.3 is 4.74 Å². The summed E-state index contributed by atoms with van der Waals surface area (Å²) in [6.45, 7) is 0.466. The van der Waals surface area contributed by atoms with Crippen LogP contribution in [0.1, 0.15) is 5.56 Å². The Morgan fingerprint density at radius 2 is 1.79 bits per heavy atom. The molecule has 0 aliphatic rings. The van der Waals surface area contributed by atoms with Gasteiger partial charge in [0.05, 0.1) is 5.52 Å². The van der Waals surface area contributed by atoms with Gasteiger partial charge in [0.15, 0.2) is 11.5 Å². The number of aromatic nitrogens is 4. The van der Waals surface area contributed by atoms with Crippen molar-refractivity contribution >= 4 is 28.2 Å². The molecular formula is C22H15ClN4O. The van der Waals surface area contributed by atoms with Crippen LogP contribution in [0, 0.1) is 0 Å². The number of rotatable bonds is 4. The summed E-state index contributed by atoms with van der Waals surface area (Å²) >= 11 is 5.98. The van der Waals surface area contributed by atoms with Gasteiger partial charge in [-0.25, -0.2) is 14.5 Å².